The smallest absolute Gasteiger partial charge is 0.0795 e. The maximum Gasteiger partial charge on any atom is 0.0795 e. The van der Waals surface area contributed by atoms with Crippen LogP contribution in [0.2, 0.25) is 0 Å². The van der Waals surface area contributed by atoms with Gasteiger partial charge < -0.3 is 5.32 Å². The second-order valence-electron chi connectivity index (χ2n) is 5.02. The van der Waals surface area contributed by atoms with Crippen LogP contribution in [-0.4, -0.2) is 12.0 Å². The van der Waals surface area contributed by atoms with Gasteiger partial charge in [0, 0.05) is 5.38 Å². The van der Waals surface area contributed by atoms with Gasteiger partial charge in [-0.25, -0.2) is 4.98 Å². The number of unbranched alkanes of at least 4 members (excludes halogenated alkanes) is 7. The summed E-state index contributed by atoms with van der Waals surface area (Å²) in [4.78, 5) is 4.39. The van der Waals surface area contributed by atoms with Crippen molar-refractivity contribution in [2.75, 3.05) is 7.05 Å². The lowest BCUT2D eigenvalue weighted by atomic mass is 10.0. The van der Waals surface area contributed by atoms with Crippen molar-refractivity contribution in [3.63, 3.8) is 0 Å². The third kappa shape index (κ3) is 6.50. The van der Waals surface area contributed by atoms with Gasteiger partial charge in [0.2, 0.25) is 0 Å². The van der Waals surface area contributed by atoms with Gasteiger partial charge >= 0.3 is 0 Å². The number of aromatic nitrogens is 1. The fourth-order valence-electron chi connectivity index (χ4n) is 2.32. The van der Waals surface area contributed by atoms with E-state index in [1.54, 1.807) is 11.3 Å². The molecule has 1 aromatic heterocycles. The fourth-order valence-corrected chi connectivity index (χ4v) is 2.92. The van der Waals surface area contributed by atoms with E-state index in [2.05, 4.69) is 22.6 Å². The summed E-state index contributed by atoms with van der Waals surface area (Å²) >= 11 is 1.69. The molecule has 0 fully saturated rings. The van der Waals surface area contributed by atoms with Gasteiger partial charge in [-0.1, -0.05) is 58.3 Å². The van der Waals surface area contributed by atoms with Crippen molar-refractivity contribution in [2.45, 2.75) is 70.8 Å². The Balaban J connectivity index is 1.99. The van der Waals surface area contributed by atoms with E-state index in [-0.39, 0.29) is 0 Å². The minimum absolute atomic E-state index is 0.455. The van der Waals surface area contributed by atoms with Crippen LogP contribution in [-0.2, 0) is 0 Å². The Kier molecular flexibility index (Phi) is 9.13. The highest BCUT2D eigenvalue weighted by molar-refractivity contribution is 7.07. The van der Waals surface area contributed by atoms with Crippen molar-refractivity contribution in [3.05, 3.63) is 16.6 Å². The second-order valence-corrected chi connectivity index (χ2v) is 5.74. The van der Waals surface area contributed by atoms with E-state index in [4.69, 9.17) is 0 Å². The van der Waals surface area contributed by atoms with Crippen LogP contribution in [0.25, 0.3) is 0 Å². The molecule has 3 heteroatoms. The molecule has 0 amide bonds. The van der Waals surface area contributed by atoms with Crippen molar-refractivity contribution in [1.82, 2.24) is 10.3 Å². The van der Waals surface area contributed by atoms with Crippen LogP contribution < -0.4 is 5.32 Å². The molecule has 0 aliphatic carbocycles. The molecular weight excluding hydrogens is 240 g/mol. The molecule has 1 heterocycles. The van der Waals surface area contributed by atoms with Crippen molar-refractivity contribution >= 4 is 11.3 Å². The number of thiazole rings is 1. The Morgan fingerprint density at radius 1 is 1.11 bits per heavy atom. The van der Waals surface area contributed by atoms with Gasteiger partial charge in [0.15, 0.2) is 0 Å². The maximum atomic E-state index is 4.39. The summed E-state index contributed by atoms with van der Waals surface area (Å²) in [7, 11) is 2.04. The SMILES string of the molecule is CCCCCCCCCCC(NC)c1cscn1. The number of rotatable bonds is 11. The van der Waals surface area contributed by atoms with E-state index < -0.39 is 0 Å². The largest absolute Gasteiger partial charge is 0.312 e. The van der Waals surface area contributed by atoms with E-state index in [1.807, 2.05) is 12.6 Å². The minimum atomic E-state index is 0.455. The van der Waals surface area contributed by atoms with Gasteiger partial charge in [0.05, 0.1) is 17.2 Å². The molecule has 1 atom stereocenters. The van der Waals surface area contributed by atoms with Crippen molar-refractivity contribution in [2.24, 2.45) is 0 Å². The monoisotopic (exact) mass is 268 g/mol. The highest BCUT2D eigenvalue weighted by Gasteiger charge is 2.09. The molecule has 104 valence electrons. The number of nitrogens with one attached hydrogen (secondary N) is 1. The Morgan fingerprint density at radius 3 is 2.33 bits per heavy atom. The standard InChI is InChI=1S/C15H28N2S/c1-3-4-5-6-7-8-9-10-11-14(16-2)15-12-18-13-17-15/h12-14,16H,3-11H2,1-2H3. The molecule has 0 spiro atoms. The third-order valence-electron chi connectivity index (χ3n) is 3.50. The normalized spacial score (nSPS) is 12.8. The van der Waals surface area contributed by atoms with E-state index in [1.165, 1.54) is 63.5 Å². The zero-order chi connectivity index (χ0) is 13.1. The molecule has 0 bridgehead atoms. The summed E-state index contributed by atoms with van der Waals surface area (Å²) in [5, 5.41) is 5.53. The zero-order valence-electron chi connectivity index (χ0n) is 12.0. The Hall–Kier alpha value is -0.410. The molecule has 2 nitrogen and oxygen atoms in total. The molecule has 0 aliphatic heterocycles. The van der Waals surface area contributed by atoms with Crippen LogP contribution in [0, 0.1) is 0 Å². The molecule has 0 saturated heterocycles. The average Bonchev–Trinajstić information content (AvgIpc) is 2.91. The predicted molar refractivity (Wildman–Crippen MR) is 81.1 cm³/mol. The lowest BCUT2D eigenvalue weighted by Crippen LogP contribution is -2.16. The van der Waals surface area contributed by atoms with E-state index in [0.29, 0.717) is 6.04 Å². The topological polar surface area (TPSA) is 24.9 Å². The summed E-state index contributed by atoms with van der Waals surface area (Å²) in [6.45, 7) is 2.27. The number of nitrogens with zero attached hydrogens (tertiary/aromatic N) is 1. The summed E-state index contributed by atoms with van der Waals surface area (Å²) in [5.41, 5.74) is 3.14. The van der Waals surface area contributed by atoms with Gasteiger partial charge in [-0.2, -0.15) is 0 Å². The fraction of sp³-hybridized carbons (Fsp3) is 0.800. The van der Waals surface area contributed by atoms with Gasteiger partial charge in [-0.3, -0.25) is 0 Å². The van der Waals surface area contributed by atoms with Gasteiger partial charge in [-0.15, -0.1) is 11.3 Å². The van der Waals surface area contributed by atoms with Gasteiger partial charge in [0.25, 0.3) is 0 Å². The molecule has 1 aromatic rings. The number of hydrogen-bond donors (Lipinski definition) is 1. The van der Waals surface area contributed by atoms with Crippen molar-refractivity contribution < 1.29 is 0 Å². The van der Waals surface area contributed by atoms with Crippen LogP contribution >= 0.6 is 11.3 Å². The summed E-state index contributed by atoms with van der Waals surface area (Å²) in [5.74, 6) is 0. The first-order chi connectivity index (χ1) is 8.88. The molecule has 18 heavy (non-hydrogen) atoms. The lowest BCUT2D eigenvalue weighted by molar-refractivity contribution is 0.488. The van der Waals surface area contributed by atoms with Crippen LogP contribution in [0.15, 0.2) is 10.9 Å². The highest BCUT2D eigenvalue weighted by atomic mass is 32.1. The van der Waals surface area contributed by atoms with Crippen LogP contribution in [0.4, 0.5) is 0 Å². The molecule has 0 saturated carbocycles. The first kappa shape index (κ1) is 15.6. The van der Waals surface area contributed by atoms with Crippen LogP contribution in [0.3, 0.4) is 0 Å². The molecule has 1 N–H and O–H groups in total. The second kappa shape index (κ2) is 10.5. The molecular formula is C15H28N2S. The quantitative estimate of drug-likeness (QED) is 0.575. The van der Waals surface area contributed by atoms with Gasteiger partial charge in [0.1, 0.15) is 0 Å². The Labute approximate surface area is 116 Å². The summed E-state index contributed by atoms with van der Waals surface area (Å²) < 4.78 is 0. The molecule has 1 rings (SSSR count). The highest BCUT2D eigenvalue weighted by Crippen LogP contribution is 2.20. The van der Waals surface area contributed by atoms with E-state index in [9.17, 15) is 0 Å². The lowest BCUT2D eigenvalue weighted by Gasteiger charge is -2.13. The van der Waals surface area contributed by atoms with Crippen molar-refractivity contribution in [3.8, 4) is 0 Å². The van der Waals surface area contributed by atoms with Crippen LogP contribution in [0.1, 0.15) is 76.4 Å². The first-order valence-electron chi connectivity index (χ1n) is 7.43. The Morgan fingerprint density at radius 2 is 1.78 bits per heavy atom. The molecule has 0 radical (unpaired) electrons. The molecule has 0 aliphatic rings. The Bertz CT molecular complexity index is 272. The molecule has 0 aromatic carbocycles. The first-order valence-corrected chi connectivity index (χ1v) is 8.38. The molecule has 1 unspecified atom stereocenters. The van der Waals surface area contributed by atoms with Crippen LogP contribution in [0.5, 0.6) is 0 Å². The van der Waals surface area contributed by atoms with Gasteiger partial charge in [-0.05, 0) is 13.5 Å². The maximum absolute atomic E-state index is 4.39. The van der Waals surface area contributed by atoms with E-state index >= 15 is 0 Å². The average molecular weight is 268 g/mol. The third-order valence-corrected chi connectivity index (χ3v) is 4.11. The van der Waals surface area contributed by atoms with Crippen molar-refractivity contribution in [1.29, 1.82) is 0 Å². The predicted octanol–water partition coefficient (Wildman–Crippen LogP) is 4.93. The summed E-state index contributed by atoms with van der Waals surface area (Å²) in [6.07, 6.45) is 12.3. The van der Waals surface area contributed by atoms with E-state index in [0.717, 1.165) is 0 Å². The summed E-state index contributed by atoms with van der Waals surface area (Å²) in [6, 6.07) is 0.455. The number of hydrogen-bond acceptors (Lipinski definition) is 3. The minimum Gasteiger partial charge on any atom is -0.312 e. The zero-order valence-corrected chi connectivity index (χ0v) is 12.8.